The highest BCUT2D eigenvalue weighted by Gasteiger charge is 2.16. The first-order valence-electron chi connectivity index (χ1n) is 7.76. The molecule has 4 N–H and O–H groups in total. The van der Waals surface area contributed by atoms with Gasteiger partial charge in [-0.05, 0) is 48.1 Å². The number of phenolic OH excluding ortho intramolecular Hbond substituents is 1. The fraction of sp³-hybridized carbons (Fsp3) is 0. The SMILES string of the molecule is Nc1c(/C=C2/C=CC(=O)C(O)=C2)c(=O)nc2sc(-c3ccc(O)cc3)nn12. The second-order valence-corrected chi connectivity index (χ2v) is 6.69. The molecule has 1 aliphatic rings. The van der Waals surface area contributed by atoms with Crippen LogP contribution in [-0.4, -0.2) is 30.6 Å². The predicted molar refractivity (Wildman–Crippen MR) is 101 cm³/mol. The van der Waals surface area contributed by atoms with Gasteiger partial charge in [0.15, 0.2) is 5.76 Å². The van der Waals surface area contributed by atoms with Crippen molar-refractivity contribution in [1.82, 2.24) is 14.6 Å². The van der Waals surface area contributed by atoms with Gasteiger partial charge in [0, 0.05) is 5.56 Å². The first-order chi connectivity index (χ1) is 12.9. The minimum Gasteiger partial charge on any atom is -0.508 e. The molecule has 8 nitrogen and oxygen atoms in total. The summed E-state index contributed by atoms with van der Waals surface area (Å²) in [6.45, 7) is 0. The van der Waals surface area contributed by atoms with Crippen LogP contribution in [0.5, 0.6) is 5.75 Å². The maximum Gasteiger partial charge on any atom is 0.283 e. The van der Waals surface area contributed by atoms with Crippen LogP contribution < -0.4 is 11.3 Å². The van der Waals surface area contributed by atoms with Crippen LogP contribution in [0.3, 0.4) is 0 Å². The quantitative estimate of drug-likeness (QED) is 0.620. The van der Waals surface area contributed by atoms with E-state index in [1.807, 2.05) is 0 Å². The molecule has 3 aromatic rings. The first kappa shape index (κ1) is 16.7. The predicted octanol–water partition coefficient (Wildman–Crippen LogP) is 2.07. The van der Waals surface area contributed by atoms with Crippen molar-refractivity contribution >= 4 is 34.0 Å². The zero-order chi connectivity index (χ0) is 19.1. The number of aliphatic hydroxyl groups excluding tert-OH is 1. The van der Waals surface area contributed by atoms with Crippen molar-refractivity contribution in [2.45, 2.75) is 0 Å². The zero-order valence-electron chi connectivity index (χ0n) is 13.7. The van der Waals surface area contributed by atoms with Gasteiger partial charge in [0.25, 0.3) is 5.56 Å². The second-order valence-electron chi connectivity index (χ2n) is 5.74. The van der Waals surface area contributed by atoms with Crippen LogP contribution >= 0.6 is 11.3 Å². The molecule has 0 atom stereocenters. The van der Waals surface area contributed by atoms with Gasteiger partial charge in [-0.1, -0.05) is 17.4 Å². The van der Waals surface area contributed by atoms with E-state index in [9.17, 15) is 19.8 Å². The number of nitrogens with zero attached hydrogens (tertiary/aromatic N) is 3. The fourth-order valence-electron chi connectivity index (χ4n) is 2.53. The van der Waals surface area contributed by atoms with E-state index in [1.165, 1.54) is 52.3 Å². The number of allylic oxidation sites excluding steroid dienone is 4. The number of fused-ring (bicyclic) bond motifs is 1. The Morgan fingerprint density at radius 3 is 2.56 bits per heavy atom. The number of hydrogen-bond acceptors (Lipinski definition) is 8. The topological polar surface area (TPSA) is 131 Å². The Morgan fingerprint density at radius 2 is 1.85 bits per heavy atom. The fourth-order valence-corrected chi connectivity index (χ4v) is 3.43. The number of anilines is 1. The number of rotatable bonds is 2. The lowest BCUT2D eigenvalue weighted by Gasteiger charge is -2.05. The smallest absolute Gasteiger partial charge is 0.283 e. The summed E-state index contributed by atoms with van der Waals surface area (Å²) in [4.78, 5) is 28.0. The van der Waals surface area contributed by atoms with Gasteiger partial charge in [-0.15, -0.1) is 0 Å². The Labute approximate surface area is 155 Å². The molecule has 0 unspecified atom stereocenters. The number of aromatic hydroxyl groups is 1. The van der Waals surface area contributed by atoms with Gasteiger partial charge in [0.1, 0.15) is 16.6 Å². The lowest BCUT2D eigenvalue weighted by atomic mass is 10.1. The number of hydrogen-bond donors (Lipinski definition) is 3. The molecular weight excluding hydrogens is 368 g/mol. The highest BCUT2D eigenvalue weighted by Crippen LogP contribution is 2.28. The van der Waals surface area contributed by atoms with Gasteiger partial charge in [-0.25, -0.2) is 0 Å². The van der Waals surface area contributed by atoms with Crippen LogP contribution in [0.1, 0.15) is 5.56 Å². The molecule has 134 valence electrons. The molecule has 0 amide bonds. The summed E-state index contributed by atoms with van der Waals surface area (Å²) >= 11 is 1.19. The molecular formula is C18H12N4O4S. The van der Waals surface area contributed by atoms with Crippen LogP contribution in [-0.2, 0) is 4.79 Å². The van der Waals surface area contributed by atoms with Crippen molar-refractivity contribution in [3.05, 3.63) is 69.7 Å². The third kappa shape index (κ3) is 3.00. The second kappa shape index (κ2) is 6.22. The Bertz CT molecular complexity index is 1230. The van der Waals surface area contributed by atoms with E-state index >= 15 is 0 Å². The van der Waals surface area contributed by atoms with Gasteiger partial charge in [-0.3, -0.25) is 9.59 Å². The highest BCUT2D eigenvalue weighted by molar-refractivity contribution is 7.19. The first-order valence-corrected chi connectivity index (χ1v) is 8.57. The number of nitrogen functional groups attached to an aromatic ring is 1. The molecule has 0 spiro atoms. The number of aromatic nitrogens is 3. The minimum absolute atomic E-state index is 0.0944. The van der Waals surface area contributed by atoms with Gasteiger partial charge in [0.2, 0.25) is 10.7 Å². The van der Waals surface area contributed by atoms with E-state index in [-0.39, 0.29) is 17.1 Å². The number of carbonyl (C=O) groups is 1. The van der Waals surface area contributed by atoms with Crippen molar-refractivity contribution in [3.63, 3.8) is 0 Å². The largest absolute Gasteiger partial charge is 0.508 e. The average Bonchev–Trinajstić information content (AvgIpc) is 3.06. The van der Waals surface area contributed by atoms with E-state index in [0.717, 1.165) is 5.56 Å². The molecule has 0 aliphatic heterocycles. The Hall–Kier alpha value is -3.72. The van der Waals surface area contributed by atoms with Crippen LogP contribution in [0, 0.1) is 0 Å². The molecule has 2 aromatic heterocycles. The molecule has 0 fully saturated rings. The zero-order valence-corrected chi connectivity index (χ0v) is 14.5. The molecule has 4 rings (SSSR count). The van der Waals surface area contributed by atoms with E-state index in [2.05, 4.69) is 10.1 Å². The monoisotopic (exact) mass is 380 g/mol. The molecule has 0 saturated carbocycles. The van der Waals surface area contributed by atoms with Crippen LogP contribution in [0.4, 0.5) is 5.82 Å². The Balaban J connectivity index is 1.84. The van der Waals surface area contributed by atoms with Crippen LogP contribution in [0.2, 0.25) is 0 Å². The normalized spacial score (nSPS) is 15.5. The summed E-state index contributed by atoms with van der Waals surface area (Å²) < 4.78 is 1.36. The van der Waals surface area contributed by atoms with Crippen molar-refractivity contribution in [1.29, 1.82) is 0 Å². The van der Waals surface area contributed by atoms with Gasteiger partial charge < -0.3 is 15.9 Å². The number of benzene rings is 1. The number of ketones is 1. The molecule has 0 radical (unpaired) electrons. The molecule has 0 saturated heterocycles. The maximum absolute atomic E-state index is 12.4. The maximum atomic E-state index is 12.4. The summed E-state index contributed by atoms with van der Waals surface area (Å²) in [6, 6.07) is 6.46. The van der Waals surface area contributed by atoms with Gasteiger partial charge in [0.05, 0.1) is 5.56 Å². The highest BCUT2D eigenvalue weighted by atomic mass is 32.1. The molecule has 1 aromatic carbocycles. The third-order valence-electron chi connectivity index (χ3n) is 3.90. The summed E-state index contributed by atoms with van der Waals surface area (Å²) in [5.41, 5.74) is 6.87. The number of phenols is 1. The lowest BCUT2D eigenvalue weighted by Crippen LogP contribution is -2.17. The van der Waals surface area contributed by atoms with Crippen LogP contribution in [0.15, 0.2) is 58.6 Å². The minimum atomic E-state index is -0.543. The Kier molecular flexibility index (Phi) is 3.85. The molecule has 1 aliphatic carbocycles. The van der Waals surface area contributed by atoms with Crippen molar-refractivity contribution < 1.29 is 15.0 Å². The molecule has 2 heterocycles. The third-order valence-corrected chi connectivity index (χ3v) is 4.86. The lowest BCUT2D eigenvalue weighted by molar-refractivity contribution is -0.113. The summed E-state index contributed by atoms with van der Waals surface area (Å²) in [5.74, 6) is -0.698. The average molecular weight is 380 g/mol. The number of aliphatic hydroxyl groups is 1. The van der Waals surface area contributed by atoms with E-state index in [0.29, 0.717) is 15.5 Å². The van der Waals surface area contributed by atoms with Crippen molar-refractivity contribution in [2.24, 2.45) is 0 Å². The molecule has 0 bridgehead atoms. The number of nitrogens with two attached hydrogens (primary N) is 1. The Morgan fingerprint density at radius 1 is 1.11 bits per heavy atom. The van der Waals surface area contributed by atoms with Crippen LogP contribution in [0.25, 0.3) is 21.6 Å². The summed E-state index contributed by atoms with van der Waals surface area (Å²) in [7, 11) is 0. The van der Waals surface area contributed by atoms with E-state index in [4.69, 9.17) is 5.73 Å². The summed E-state index contributed by atoms with van der Waals surface area (Å²) in [5, 5.41) is 23.9. The van der Waals surface area contributed by atoms with Crippen molar-refractivity contribution in [3.8, 4) is 16.3 Å². The van der Waals surface area contributed by atoms with Gasteiger partial charge >= 0.3 is 0 Å². The summed E-state index contributed by atoms with van der Waals surface area (Å²) in [6.07, 6.45) is 5.36. The van der Waals surface area contributed by atoms with Gasteiger partial charge in [-0.2, -0.15) is 14.6 Å². The van der Waals surface area contributed by atoms with E-state index < -0.39 is 17.1 Å². The number of carbonyl (C=O) groups excluding carboxylic acids is 1. The molecule has 27 heavy (non-hydrogen) atoms. The van der Waals surface area contributed by atoms with E-state index in [1.54, 1.807) is 12.1 Å². The standard InChI is InChI=1S/C18H12N4O4S/c19-15-12(7-9-1-6-13(24)14(25)8-9)16(26)20-18-22(15)21-17(27-18)10-2-4-11(23)5-3-10/h1-8,23,25H,19H2/b9-7-. The van der Waals surface area contributed by atoms with Crippen molar-refractivity contribution in [2.75, 3.05) is 5.73 Å². The molecule has 9 heteroatoms.